The minimum atomic E-state index is 0.483. The van der Waals surface area contributed by atoms with E-state index < -0.39 is 0 Å². The summed E-state index contributed by atoms with van der Waals surface area (Å²) in [4.78, 5) is 20.0. The normalized spacial score (nSPS) is 11.7. The Kier molecular flexibility index (Phi) is 5.06. The van der Waals surface area contributed by atoms with Crippen molar-refractivity contribution in [2.75, 3.05) is 0 Å². The van der Waals surface area contributed by atoms with Crippen molar-refractivity contribution in [3.63, 3.8) is 0 Å². The average molecular weight is 555 g/mol. The van der Waals surface area contributed by atoms with Gasteiger partial charge < -0.3 is 4.42 Å². The fourth-order valence-electron chi connectivity index (χ4n) is 5.83. The van der Waals surface area contributed by atoms with E-state index in [1.165, 1.54) is 0 Å². The van der Waals surface area contributed by atoms with E-state index in [1.807, 2.05) is 89.5 Å². The number of para-hydroxylation sites is 1. The summed E-state index contributed by atoms with van der Waals surface area (Å²) < 4.78 is 10.4. The van der Waals surface area contributed by atoms with Crippen LogP contribution < -0.4 is 0 Å². The number of aromatic nitrogens is 6. The Labute approximate surface area is 245 Å². The zero-order chi connectivity index (χ0) is 28.3. The average Bonchev–Trinajstić information content (AvgIpc) is 3.72. The smallest absolute Gasteiger partial charge is 0.248 e. The third kappa shape index (κ3) is 3.68. The molecule has 0 amide bonds. The van der Waals surface area contributed by atoms with Crippen LogP contribution >= 0.6 is 0 Å². The maximum Gasteiger partial charge on any atom is 0.248 e. The molecule has 0 unspecified atom stereocenters. The second-order valence-electron chi connectivity index (χ2n) is 10.4. The Morgan fingerprint density at radius 3 is 1.77 bits per heavy atom. The van der Waals surface area contributed by atoms with Crippen LogP contribution in [0.3, 0.4) is 0 Å². The van der Waals surface area contributed by atoms with Crippen LogP contribution in [0.5, 0.6) is 0 Å². The maximum atomic E-state index is 6.24. The van der Waals surface area contributed by atoms with Gasteiger partial charge in [0.25, 0.3) is 0 Å². The molecule has 0 radical (unpaired) electrons. The number of benzene rings is 5. The van der Waals surface area contributed by atoms with E-state index >= 15 is 0 Å². The summed E-state index contributed by atoms with van der Waals surface area (Å²) in [6.07, 6.45) is 0. The summed E-state index contributed by atoms with van der Waals surface area (Å²) in [6, 6.07) is 44.9. The maximum absolute atomic E-state index is 6.24. The SMILES string of the molecule is c1ccc(-c2ccc3c(c2)n2c4c(nc2n3-c2nc(-c3ccccc3)nc(-c3ccccc3)n2)oc2ccccc24)cc1. The summed E-state index contributed by atoms with van der Waals surface area (Å²) >= 11 is 0. The number of furan rings is 1. The van der Waals surface area contributed by atoms with E-state index in [4.69, 9.17) is 24.4 Å². The van der Waals surface area contributed by atoms with Crippen LogP contribution in [-0.4, -0.2) is 28.9 Å². The number of fused-ring (bicyclic) bond motifs is 7. The molecule has 0 spiro atoms. The molecule has 0 aliphatic heterocycles. The predicted molar refractivity (Wildman–Crippen MR) is 169 cm³/mol. The van der Waals surface area contributed by atoms with Gasteiger partial charge in [-0.05, 0) is 35.4 Å². The van der Waals surface area contributed by atoms with Gasteiger partial charge >= 0.3 is 0 Å². The lowest BCUT2D eigenvalue weighted by Crippen LogP contribution is -2.07. The number of imidazole rings is 2. The molecule has 5 aromatic carbocycles. The summed E-state index contributed by atoms with van der Waals surface area (Å²) in [5.41, 5.74) is 8.25. The predicted octanol–water partition coefficient (Wildman–Crippen LogP) is 8.36. The molecule has 0 saturated carbocycles. The molecule has 7 nitrogen and oxygen atoms in total. The third-order valence-electron chi connectivity index (χ3n) is 7.83. The van der Waals surface area contributed by atoms with Crippen LogP contribution in [0, 0.1) is 0 Å². The quantitative estimate of drug-likeness (QED) is 0.219. The first kappa shape index (κ1) is 23.6. The summed E-state index contributed by atoms with van der Waals surface area (Å²) in [5.74, 6) is 2.33. The minimum absolute atomic E-state index is 0.483. The van der Waals surface area contributed by atoms with Crippen molar-refractivity contribution in [3.8, 4) is 39.9 Å². The first-order valence-electron chi connectivity index (χ1n) is 14.1. The van der Waals surface area contributed by atoms with Crippen LogP contribution in [0.2, 0.25) is 0 Å². The molecule has 0 atom stereocenters. The van der Waals surface area contributed by atoms with Crippen LogP contribution in [0.4, 0.5) is 0 Å². The molecule has 9 rings (SSSR count). The van der Waals surface area contributed by atoms with Crippen LogP contribution in [0.15, 0.2) is 138 Å². The van der Waals surface area contributed by atoms with E-state index in [9.17, 15) is 0 Å². The monoisotopic (exact) mass is 554 g/mol. The molecule has 0 N–H and O–H groups in total. The Hall–Kier alpha value is -6.08. The van der Waals surface area contributed by atoms with E-state index in [0.29, 0.717) is 29.1 Å². The highest BCUT2D eigenvalue weighted by Gasteiger charge is 2.24. The molecule has 4 aromatic heterocycles. The first-order chi connectivity index (χ1) is 21.3. The molecular weight excluding hydrogens is 532 g/mol. The molecular formula is C36H22N6O. The van der Waals surface area contributed by atoms with Crippen molar-refractivity contribution in [3.05, 3.63) is 133 Å². The van der Waals surface area contributed by atoms with Gasteiger partial charge in [0, 0.05) is 16.5 Å². The Morgan fingerprint density at radius 2 is 1.09 bits per heavy atom. The molecule has 202 valence electrons. The molecule has 4 heterocycles. The van der Waals surface area contributed by atoms with Gasteiger partial charge in [0.1, 0.15) is 11.1 Å². The zero-order valence-corrected chi connectivity index (χ0v) is 22.8. The van der Waals surface area contributed by atoms with Crippen molar-refractivity contribution in [1.82, 2.24) is 28.9 Å². The molecule has 0 bridgehead atoms. The lowest BCUT2D eigenvalue weighted by atomic mass is 10.1. The highest BCUT2D eigenvalue weighted by molar-refractivity contribution is 6.06. The van der Waals surface area contributed by atoms with Crippen molar-refractivity contribution in [1.29, 1.82) is 0 Å². The molecule has 0 aliphatic rings. The van der Waals surface area contributed by atoms with Gasteiger partial charge in [0.15, 0.2) is 11.6 Å². The molecule has 7 heteroatoms. The van der Waals surface area contributed by atoms with Crippen molar-refractivity contribution < 1.29 is 4.42 Å². The number of nitrogens with zero attached hydrogens (tertiary/aromatic N) is 6. The topological polar surface area (TPSA) is 74.0 Å². The summed E-state index contributed by atoms with van der Waals surface area (Å²) in [7, 11) is 0. The van der Waals surface area contributed by atoms with E-state index in [1.54, 1.807) is 0 Å². The van der Waals surface area contributed by atoms with Crippen LogP contribution in [0.1, 0.15) is 0 Å². The van der Waals surface area contributed by atoms with E-state index in [-0.39, 0.29) is 0 Å². The molecule has 0 fully saturated rings. The minimum Gasteiger partial charge on any atom is -0.436 e. The van der Waals surface area contributed by atoms with Gasteiger partial charge in [-0.3, -0.25) is 4.40 Å². The van der Waals surface area contributed by atoms with Gasteiger partial charge in [-0.15, -0.1) is 0 Å². The second kappa shape index (κ2) is 9.22. The van der Waals surface area contributed by atoms with Crippen molar-refractivity contribution in [2.45, 2.75) is 0 Å². The first-order valence-corrected chi connectivity index (χ1v) is 14.1. The Balaban J connectivity index is 1.40. The van der Waals surface area contributed by atoms with Gasteiger partial charge in [-0.2, -0.15) is 15.0 Å². The third-order valence-corrected chi connectivity index (χ3v) is 7.83. The molecule has 0 aliphatic carbocycles. The van der Waals surface area contributed by atoms with Gasteiger partial charge in [-0.25, -0.2) is 9.55 Å². The lowest BCUT2D eigenvalue weighted by Gasteiger charge is -2.09. The van der Waals surface area contributed by atoms with Gasteiger partial charge in [0.2, 0.25) is 17.4 Å². The van der Waals surface area contributed by atoms with Crippen molar-refractivity contribution in [2.24, 2.45) is 0 Å². The van der Waals surface area contributed by atoms with Crippen LogP contribution in [-0.2, 0) is 0 Å². The van der Waals surface area contributed by atoms with E-state index in [2.05, 4.69) is 52.9 Å². The highest BCUT2D eigenvalue weighted by atomic mass is 16.3. The largest absolute Gasteiger partial charge is 0.436 e. The van der Waals surface area contributed by atoms with E-state index in [0.717, 1.165) is 49.8 Å². The summed E-state index contributed by atoms with van der Waals surface area (Å²) in [6.45, 7) is 0. The Morgan fingerprint density at radius 1 is 0.488 bits per heavy atom. The number of hydrogen-bond acceptors (Lipinski definition) is 5. The number of hydrogen-bond donors (Lipinski definition) is 0. The molecule has 9 aromatic rings. The highest BCUT2D eigenvalue weighted by Crippen LogP contribution is 2.36. The van der Waals surface area contributed by atoms with Crippen molar-refractivity contribution >= 4 is 39.0 Å². The molecule has 0 saturated heterocycles. The second-order valence-corrected chi connectivity index (χ2v) is 10.4. The van der Waals surface area contributed by atoms with Gasteiger partial charge in [-0.1, -0.05) is 109 Å². The summed E-state index contributed by atoms with van der Waals surface area (Å²) in [5, 5.41) is 1.000. The van der Waals surface area contributed by atoms with Gasteiger partial charge in [0.05, 0.1) is 11.0 Å². The zero-order valence-electron chi connectivity index (χ0n) is 22.8. The fraction of sp³-hybridized carbons (Fsp3) is 0. The van der Waals surface area contributed by atoms with Crippen LogP contribution in [0.25, 0.3) is 78.9 Å². The number of rotatable bonds is 4. The lowest BCUT2D eigenvalue weighted by molar-refractivity contribution is 0.656. The Bertz CT molecular complexity index is 2380. The standard InChI is InChI=1S/C36H22N6O/c1-4-12-23(13-5-1)26-20-21-28-29(22-26)41-31-27-18-10-11-19-30(27)43-34(31)40-36(41)42(28)35-38-32(24-14-6-2-7-15-24)37-33(39-35)25-16-8-3-9-17-25/h1-22H. The molecule has 43 heavy (non-hydrogen) atoms. The fourth-order valence-corrected chi connectivity index (χ4v) is 5.83.